The van der Waals surface area contributed by atoms with E-state index in [-0.39, 0.29) is 0 Å². The van der Waals surface area contributed by atoms with Crippen molar-refractivity contribution >= 4 is 27.9 Å². The van der Waals surface area contributed by atoms with Crippen LogP contribution in [0.25, 0.3) is 44.7 Å². The molecular formula is C24H24N8O. The smallest absolute Gasteiger partial charge is 0.181 e. The number of hydrogen-bond donors (Lipinski definition) is 3. The lowest BCUT2D eigenvalue weighted by atomic mass is 10.1. The Labute approximate surface area is 190 Å². The van der Waals surface area contributed by atoms with Crippen LogP contribution in [-0.4, -0.2) is 63.4 Å². The van der Waals surface area contributed by atoms with Crippen molar-refractivity contribution < 1.29 is 4.74 Å². The van der Waals surface area contributed by atoms with E-state index in [1.54, 1.807) is 7.11 Å². The van der Waals surface area contributed by atoms with Crippen LogP contribution in [0.4, 0.5) is 5.82 Å². The Bertz CT molecular complexity index is 1420. The van der Waals surface area contributed by atoms with E-state index in [0.29, 0.717) is 12.3 Å². The van der Waals surface area contributed by atoms with Crippen molar-refractivity contribution in [3.63, 3.8) is 0 Å². The minimum atomic E-state index is 0.508. The number of benzene rings is 1. The van der Waals surface area contributed by atoms with Gasteiger partial charge in [0.15, 0.2) is 11.5 Å². The van der Waals surface area contributed by atoms with Gasteiger partial charge in [-0.15, -0.1) is 0 Å². The number of anilines is 1. The van der Waals surface area contributed by atoms with E-state index < -0.39 is 0 Å². The first-order chi connectivity index (χ1) is 16.3. The van der Waals surface area contributed by atoms with Gasteiger partial charge < -0.3 is 19.9 Å². The maximum absolute atomic E-state index is 5.32. The second-order valence-corrected chi connectivity index (χ2v) is 8.17. The standard InChI is InChI=1S/C24H24N8O/c1-33-14-16-3-2-4-19-21(16)29-24(28-19)22-18-11-17(13-27-23(18)31-30-22)15-5-6-20(26-12-15)32-9-7-25-8-10-32/h2-6,11-13,25H,7-10,14H2,1H3,(H,28,29)(H,27,30,31). The summed E-state index contributed by atoms with van der Waals surface area (Å²) in [6.07, 6.45) is 3.75. The minimum Gasteiger partial charge on any atom is -0.380 e. The van der Waals surface area contributed by atoms with E-state index in [1.807, 2.05) is 30.6 Å². The fraction of sp³-hybridized carbons (Fsp3) is 0.250. The summed E-state index contributed by atoms with van der Waals surface area (Å²) in [7, 11) is 1.69. The summed E-state index contributed by atoms with van der Waals surface area (Å²) in [5.41, 5.74) is 6.35. The van der Waals surface area contributed by atoms with Gasteiger partial charge >= 0.3 is 0 Å². The Morgan fingerprint density at radius 1 is 1.03 bits per heavy atom. The fourth-order valence-corrected chi connectivity index (χ4v) is 4.36. The van der Waals surface area contributed by atoms with E-state index in [9.17, 15) is 0 Å². The molecule has 0 spiro atoms. The van der Waals surface area contributed by atoms with Gasteiger partial charge in [0.1, 0.15) is 11.5 Å². The largest absolute Gasteiger partial charge is 0.380 e. The molecule has 0 aliphatic carbocycles. The molecule has 9 heteroatoms. The Kier molecular flexibility index (Phi) is 4.97. The number of nitrogens with one attached hydrogen (secondary N) is 3. The molecule has 0 amide bonds. The average molecular weight is 441 g/mol. The van der Waals surface area contributed by atoms with Crippen molar-refractivity contribution in [2.75, 3.05) is 38.2 Å². The van der Waals surface area contributed by atoms with Crippen LogP contribution in [-0.2, 0) is 11.3 Å². The van der Waals surface area contributed by atoms with Crippen LogP contribution >= 0.6 is 0 Å². The van der Waals surface area contributed by atoms with Gasteiger partial charge in [-0.05, 0) is 24.3 Å². The Morgan fingerprint density at radius 3 is 2.73 bits per heavy atom. The van der Waals surface area contributed by atoms with E-state index in [1.165, 1.54) is 0 Å². The Balaban J connectivity index is 1.36. The van der Waals surface area contributed by atoms with Gasteiger partial charge in [0.05, 0.1) is 23.0 Å². The number of hydrogen-bond acceptors (Lipinski definition) is 7. The summed E-state index contributed by atoms with van der Waals surface area (Å²) < 4.78 is 5.32. The highest BCUT2D eigenvalue weighted by Crippen LogP contribution is 2.30. The van der Waals surface area contributed by atoms with Gasteiger partial charge in [0.25, 0.3) is 0 Å². The SMILES string of the molecule is COCc1cccc2[nH]c(-c3[nH]nc4ncc(-c5ccc(N6CCNCC6)nc5)cc34)nc12. The molecule has 1 saturated heterocycles. The highest BCUT2D eigenvalue weighted by atomic mass is 16.5. The first-order valence-corrected chi connectivity index (χ1v) is 11.0. The molecule has 33 heavy (non-hydrogen) atoms. The fourth-order valence-electron chi connectivity index (χ4n) is 4.36. The Morgan fingerprint density at radius 2 is 1.91 bits per heavy atom. The lowest BCUT2D eigenvalue weighted by molar-refractivity contribution is 0.186. The molecule has 0 bridgehead atoms. The first kappa shape index (κ1) is 19.8. The monoisotopic (exact) mass is 440 g/mol. The van der Waals surface area contributed by atoms with Gasteiger partial charge in [-0.25, -0.2) is 15.0 Å². The molecule has 0 atom stereocenters. The third-order valence-corrected chi connectivity index (χ3v) is 6.06. The van der Waals surface area contributed by atoms with Crippen LogP contribution < -0.4 is 10.2 Å². The summed E-state index contributed by atoms with van der Waals surface area (Å²) in [6.45, 7) is 4.43. The summed E-state index contributed by atoms with van der Waals surface area (Å²) >= 11 is 0. The van der Waals surface area contributed by atoms with Crippen molar-refractivity contribution in [2.45, 2.75) is 6.61 Å². The third kappa shape index (κ3) is 3.61. The number of methoxy groups -OCH3 is 1. The van der Waals surface area contributed by atoms with Crippen LogP contribution in [0.15, 0.2) is 48.8 Å². The number of fused-ring (bicyclic) bond motifs is 2. The second-order valence-electron chi connectivity index (χ2n) is 8.17. The number of para-hydroxylation sites is 1. The molecule has 1 fully saturated rings. The van der Waals surface area contributed by atoms with E-state index in [4.69, 9.17) is 14.7 Å². The number of imidazole rings is 1. The van der Waals surface area contributed by atoms with E-state index in [0.717, 1.165) is 76.6 Å². The summed E-state index contributed by atoms with van der Waals surface area (Å²) in [5.74, 6) is 1.73. The number of aromatic nitrogens is 6. The predicted molar refractivity (Wildman–Crippen MR) is 128 cm³/mol. The predicted octanol–water partition coefficient (Wildman–Crippen LogP) is 3.12. The van der Waals surface area contributed by atoms with Crippen LogP contribution in [0.2, 0.25) is 0 Å². The Hall–Kier alpha value is -3.82. The summed E-state index contributed by atoms with van der Waals surface area (Å²) in [6, 6.07) is 12.3. The lowest BCUT2D eigenvalue weighted by Gasteiger charge is -2.28. The molecule has 3 N–H and O–H groups in total. The topological polar surface area (TPSA) is 108 Å². The number of aromatic amines is 2. The zero-order chi connectivity index (χ0) is 22.2. The normalized spacial score (nSPS) is 14.4. The molecule has 0 radical (unpaired) electrons. The molecule has 5 aromatic rings. The van der Waals surface area contributed by atoms with Crippen molar-refractivity contribution in [3.05, 3.63) is 54.4 Å². The van der Waals surface area contributed by atoms with Crippen LogP contribution in [0.1, 0.15) is 5.56 Å². The third-order valence-electron chi connectivity index (χ3n) is 6.06. The minimum absolute atomic E-state index is 0.508. The van der Waals surface area contributed by atoms with Crippen molar-refractivity contribution in [3.8, 4) is 22.6 Å². The zero-order valence-corrected chi connectivity index (χ0v) is 18.3. The van der Waals surface area contributed by atoms with E-state index >= 15 is 0 Å². The number of pyridine rings is 2. The number of ether oxygens (including phenoxy) is 1. The van der Waals surface area contributed by atoms with Crippen LogP contribution in [0, 0.1) is 0 Å². The maximum atomic E-state index is 5.32. The van der Waals surface area contributed by atoms with E-state index in [2.05, 4.69) is 48.6 Å². The highest BCUT2D eigenvalue weighted by molar-refractivity contribution is 5.93. The zero-order valence-electron chi connectivity index (χ0n) is 18.3. The molecule has 4 aromatic heterocycles. The lowest BCUT2D eigenvalue weighted by Crippen LogP contribution is -2.43. The first-order valence-electron chi connectivity index (χ1n) is 11.0. The maximum Gasteiger partial charge on any atom is 0.181 e. The van der Waals surface area contributed by atoms with Gasteiger partial charge in [0.2, 0.25) is 0 Å². The summed E-state index contributed by atoms with van der Waals surface area (Å²) in [5, 5.41) is 11.8. The molecule has 0 unspecified atom stereocenters. The molecule has 1 aliphatic rings. The molecule has 5 heterocycles. The number of H-pyrrole nitrogens is 2. The van der Waals surface area contributed by atoms with Gasteiger partial charge in [-0.2, -0.15) is 5.10 Å². The molecule has 1 aromatic carbocycles. The van der Waals surface area contributed by atoms with Gasteiger partial charge in [0, 0.05) is 62.4 Å². The molecule has 1 aliphatic heterocycles. The quantitative estimate of drug-likeness (QED) is 0.385. The average Bonchev–Trinajstić information content (AvgIpc) is 3.49. The number of rotatable bonds is 5. The van der Waals surface area contributed by atoms with Gasteiger partial charge in [-0.1, -0.05) is 12.1 Å². The van der Waals surface area contributed by atoms with Crippen molar-refractivity contribution in [1.82, 2.24) is 35.5 Å². The number of piperazine rings is 1. The molecule has 166 valence electrons. The van der Waals surface area contributed by atoms with Crippen LogP contribution in [0.5, 0.6) is 0 Å². The second kappa shape index (κ2) is 8.27. The molecule has 0 saturated carbocycles. The van der Waals surface area contributed by atoms with Crippen molar-refractivity contribution in [2.24, 2.45) is 0 Å². The van der Waals surface area contributed by atoms with Gasteiger partial charge in [-0.3, -0.25) is 5.10 Å². The van der Waals surface area contributed by atoms with Crippen molar-refractivity contribution in [1.29, 1.82) is 0 Å². The summed E-state index contributed by atoms with van der Waals surface area (Å²) in [4.78, 5) is 19.8. The highest BCUT2D eigenvalue weighted by Gasteiger charge is 2.16. The number of nitrogens with zero attached hydrogens (tertiary/aromatic N) is 5. The molecule has 9 nitrogen and oxygen atoms in total. The molecule has 6 rings (SSSR count). The van der Waals surface area contributed by atoms with Crippen LogP contribution in [0.3, 0.4) is 0 Å². The molecular weight excluding hydrogens is 416 g/mol.